The molecule has 0 unspecified atom stereocenters. The van der Waals surface area contributed by atoms with Crippen LogP contribution in [0.3, 0.4) is 0 Å². The van der Waals surface area contributed by atoms with E-state index in [1.165, 1.54) is 37.7 Å². The molecule has 2 aliphatic rings. The number of rotatable bonds is 15. The van der Waals surface area contributed by atoms with Crippen LogP contribution in [-0.4, -0.2) is 128 Å². The predicted molar refractivity (Wildman–Crippen MR) is 181 cm³/mol. The third-order valence-corrected chi connectivity index (χ3v) is 10.4. The van der Waals surface area contributed by atoms with Gasteiger partial charge >= 0.3 is 5.97 Å². The summed E-state index contributed by atoms with van der Waals surface area (Å²) >= 11 is 8.36. The molecule has 1 fully saturated rings. The minimum atomic E-state index is -1.76. The molecule has 6 N–H and O–H groups in total. The molecule has 2 aliphatic heterocycles. The second-order valence-electron chi connectivity index (χ2n) is 12.8. The van der Waals surface area contributed by atoms with Gasteiger partial charge in [0.1, 0.15) is 6.54 Å². The highest BCUT2D eigenvalue weighted by molar-refractivity contribution is 8.00. The molecule has 1 amide bonds. The molecule has 5 rings (SSSR count). The molecule has 21 heteroatoms. The molecule has 0 radical (unpaired) electrons. The van der Waals surface area contributed by atoms with Gasteiger partial charge in [-0.25, -0.2) is 4.79 Å². The van der Waals surface area contributed by atoms with Crippen LogP contribution in [0.5, 0.6) is 11.5 Å². The average Bonchev–Trinajstić information content (AvgIpc) is 3.74. The van der Waals surface area contributed by atoms with Crippen molar-refractivity contribution in [2.75, 3.05) is 38.7 Å². The first kappa shape index (κ1) is 36.6. The number of carbonyl (C=O) groups is 4. The minimum Gasteiger partial charge on any atom is -0.504 e. The summed E-state index contributed by atoms with van der Waals surface area (Å²) in [4.78, 5) is 62.4. The molecule has 1 saturated heterocycles. The molecule has 2 atom stereocenters. The van der Waals surface area contributed by atoms with Gasteiger partial charge in [0.2, 0.25) is 23.2 Å². The number of fused-ring (bicyclic) bond motifs is 1. The first-order valence-corrected chi connectivity index (χ1v) is 17.3. The number of ketones is 2. The van der Waals surface area contributed by atoms with Gasteiger partial charge in [0.05, 0.1) is 42.7 Å². The van der Waals surface area contributed by atoms with Crippen molar-refractivity contribution in [3.05, 3.63) is 39.9 Å². The smallest absolute Gasteiger partial charge is 0.350 e. The number of aromatic hydroxyl groups is 2. The lowest BCUT2D eigenvalue weighted by molar-refractivity contribution is -0.885. The molecule has 0 spiro atoms. The molecule has 2 aromatic heterocycles. The second-order valence-corrected chi connectivity index (χ2v) is 15.0. The number of hydrogen-bond donors (Lipinski definition) is 5. The number of aromatic nitrogens is 6. The number of carbonyl (C=O) groups excluding carboxylic acids is 3. The summed E-state index contributed by atoms with van der Waals surface area (Å²) in [6.07, 6.45) is 0.343. The number of likely N-dealkylation sites (N-methyl/N-ethyl adjacent to an activating group) is 1. The number of oxime groups is 1. The largest absolute Gasteiger partial charge is 0.504 e. The number of halogens is 1. The maximum Gasteiger partial charge on any atom is 0.350 e. The number of carboxylic acids is 1. The van der Waals surface area contributed by atoms with E-state index >= 15 is 0 Å². The highest BCUT2D eigenvalue weighted by atomic mass is 35.5. The monoisotopic (exact) mass is 749 g/mol. The van der Waals surface area contributed by atoms with Gasteiger partial charge in [0, 0.05) is 47.7 Å². The maximum atomic E-state index is 13.7. The Morgan fingerprint density at radius 3 is 2.64 bits per heavy atom. The fourth-order valence-corrected chi connectivity index (χ4v) is 7.53. The van der Waals surface area contributed by atoms with Crippen LogP contribution >= 0.6 is 34.9 Å². The fourth-order valence-electron chi connectivity index (χ4n) is 5.42. The number of Topliss-reactive ketones (excluding diaryl/α,β-unsaturated/α-hetero) is 2. The summed E-state index contributed by atoms with van der Waals surface area (Å²) in [7, 11) is 3.96. The van der Waals surface area contributed by atoms with Crippen molar-refractivity contribution < 1.29 is 43.8 Å². The number of thioether (sulfide) groups is 1. The zero-order chi connectivity index (χ0) is 36.5. The van der Waals surface area contributed by atoms with Gasteiger partial charge in [-0.1, -0.05) is 16.8 Å². The molecule has 0 saturated carbocycles. The molecule has 4 heterocycles. The van der Waals surface area contributed by atoms with Gasteiger partial charge in [-0.15, -0.1) is 22.0 Å². The number of hydrogen-bond acceptors (Lipinski definition) is 16. The lowest BCUT2D eigenvalue weighted by atomic mass is 9.89. The molecule has 3 aromatic rings. The standard InChI is InChI=1S/C29H33ClN10O8S2/c1-29(2,27(46)47)48-35-20(23-32-28(31)50-36-23)18(43)10-15-25(45)39-21(24-33-37-38-34-24)13(12-49-26(15)39)11-40(3,4)9-5-6-16(41)14-7-8-17(42)22(44)19(14)30/h7-8,15,26H,5-6,9-12H2,1-4H3,(H5-,31,32,33,34,35,36,37,38,41,42,43,44,46,47)/p+1/t15-,26-/m1/s1. The normalized spacial score (nSPS) is 18.1. The third kappa shape index (κ3) is 7.57. The molecule has 0 bridgehead atoms. The Kier molecular flexibility index (Phi) is 10.5. The summed E-state index contributed by atoms with van der Waals surface area (Å²) in [5.74, 6) is -3.73. The number of aliphatic carboxylic acids is 1. The van der Waals surface area contributed by atoms with Gasteiger partial charge in [0.15, 0.2) is 33.9 Å². The lowest BCUT2D eigenvalue weighted by Gasteiger charge is -2.50. The highest BCUT2D eigenvalue weighted by Crippen LogP contribution is 2.48. The number of phenolic OH excluding ortho intramolecular Hbond substituents is 2. The number of H-pyrrole nitrogens is 1. The zero-order valence-electron chi connectivity index (χ0n) is 27.3. The number of nitrogen functional groups attached to an aromatic ring is 1. The van der Waals surface area contributed by atoms with Crippen LogP contribution in [0, 0.1) is 5.92 Å². The van der Waals surface area contributed by atoms with Crippen LogP contribution in [0.4, 0.5) is 5.13 Å². The Labute approximate surface area is 298 Å². The van der Waals surface area contributed by atoms with Crippen LogP contribution < -0.4 is 5.73 Å². The SMILES string of the molecule is CC(C)(O/N=C(\C(=O)C[C@@H]1C(=O)N2C(c3nn[nH]n3)=C(C[N+](C)(C)CCCC(=O)c3ccc(O)c(O)c3Cl)CS[C@H]12)c1nsc(N)n1)C(=O)O. The minimum absolute atomic E-state index is 0.0594. The highest BCUT2D eigenvalue weighted by Gasteiger charge is 2.54. The zero-order valence-corrected chi connectivity index (χ0v) is 29.7. The first-order chi connectivity index (χ1) is 23.5. The van der Waals surface area contributed by atoms with E-state index in [0.717, 1.165) is 17.1 Å². The van der Waals surface area contributed by atoms with E-state index in [1.54, 1.807) is 4.90 Å². The topological polar surface area (TPSA) is 260 Å². The second kappa shape index (κ2) is 14.3. The number of nitrogens with zero attached hydrogens (tertiary/aromatic N) is 8. The number of nitrogens with two attached hydrogens (primary N) is 1. The van der Waals surface area contributed by atoms with Crippen LogP contribution in [0.15, 0.2) is 22.9 Å². The average molecular weight is 750 g/mol. The number of aromatic amines is 1. The van der Waals surface area contributed by atoms with E-state index in [2.05, 4.69) is 35.1 Å². The quantitative estimate of drug-likeness (QED) is 0.0371. The molecule has 0 aliphatic carbocycles. The summed E-state index contributed by atoms with van der Waals surface area (Å²) in [6.45, 7) is 3.56. The van der Waals surface area contributed by atoms with Crippen LogP contribution in [0.1, 0.15) is 55.1 Å². The summed E-state index contributed by atoms with van der Waals surface area (Å²) in [5.41, 5.74) is 5.07. The van der Waals surface area contributed by atoms with E-state index in [0.29, 0.717) is 35.4 Å². The Morgan fingerprint density at radius 2 is 2.00 bits per heavy atom. The molecular weight excluding hydrogens is 716 g/mol. The van der Waals surface area contributed by atoms with Crippen molar-refractivity contribution in [2.24, 2.45) is 11.1 Å². The number of quaternary nitrogens is 1. The van der Waals surface area contributed by atoms with E-state index < -0.39 is 40.1 Å². The molecule has 1 aromatic carbocycles. The van der Waals surface area contributed by atoms with E-state index in [4.69, 9.17) is 22.2 Å². The maximum absolute atomic E-state index is 13.7. The Morgan fingerprint density at radius 1 is 1.26 bits per heavy atom. The van der Waals surface area contributed by atoms with Crippen molar-refractivity contribution >= 4 is 74.9 Å². The van der Waals surface area contributed by atoms with Gasteiger partial charge in [-0.3, -0.25) is 19.3 Å². The van der Waals surface area contributed by atoms with Crippen molar-refractivity contribution in [3.8, 4) is 11.5 Å². The van der Waals surface area contributed by atoms with Gasteiger partial charge in [-0.05, 0) is 31.2 Å². The van der Waals surface area contributed by atoms with Crippen LogP contribution in [0.25, 0.3) is 5.70 Å². The van der Waals surface area contributed by atoms with Gasteiger partial charge in [-0.2, -0.15) is 14.6 Å². The number of phenols is 2. The Hall–Kier alpha value is -4.66. The number of β-lactam (4-membered cyclic amide) rings is 1. The number of tetrazole rings is 1. The molecule has 266 valence electrons. The van der Waals surface area contributed by atoms with Crippen LogP contribution in [0.2, 0.25) is 5.02 Å². The number of benzene rings is 1. The number of anilines is 1. The Bertz CT molecular complexity index is 1900. The Balaban J connectivity index is 1.30. The van der Waals surface area contributed by atoms with Crippen molar-refractivity contribution in [2.45, 2.75) is 44.1 Å². The number of nitrogens with one attached hydrogen (secondary N) is 1. The number of amides is 1. The van der Waals surface area contributed by atoms with Gasteiger partial charge < -0.3 is 30.4 Å². The fraction of sp³-hybridized carbons (Fsp3) is 0.448. The summed E-state index contributed by atoms with van der Waals surface area (Å²) < 4.78 is 4.46. The van der Waals surface area contributed by atoms with E-state index in [-0.39, 0.29) is 57.6 Å². The van der Waals surface area contributed by atoms with Crippen molar-refractivity contribution in [1.29, 1.82) is 0 Å². The van der Waals surface area contributed by atoms with E-state index in [9.17, 15) is 34.5 Å². The summed E-state index contributed by atoms with van der Waals surface area (Å²) in [5, 5.41) is 46.5. The van der Waals surface area contributed by atoms with Crippen molar-refractivity contribution in [1.82, 2.24) is 34.9 Å². The van der Waals surface area contributed by atoms with Crippen molar-refractivity contribution in [3.63, 3.8) is 0 Å². The molecule has 18 nitrogen and oxygen atoms in total. The third-order valence-electron chi connectivity index (χ3n) is 8.10. The van der Waals surface area contributed by atoms with Gasteiger partial charge in [0.25, 0.3) is 0 Å². The molecule has 50 heavy (non-hydrogen) atoms. The lowest BCUT2D eigenvalue weighted by Crippen LogP contribution is -2.61. The first-order valence-electron chi connectivity index (χ1n) is 15.1. The number of carboxylic acid groups (broad SMARTS) is 1. The van der Waals surface area contributed by atoms with E-state index in [1.807, 2.05) is 14.1 Å². The predicted octanol–water partition coefficient (Wildman–Crippen LogP) is 1.92. The van der Waals surface area contributed by atoms with Crippen LogP contribution in [-0.2, 0) is 19.2 Å². The summed E-state index contributed by atoms with van der Waals surface area (Å²) in [6, 6.07) is 2.58. The molecular formula is C29H34ClN10O8S2+.